The van der Waals surface area contributed by atoms with Crippen LogP contribution < -0.4 is 4.57 Å². The molecule has 1 aliphatic carbocycles. The van der Waals surface area contributed by atoms with E-state index in [-0.39, 0.29) is 9.68 Å². The Labute approximate surface area is 111 Å². The second kappa shape index (κ2) is 6.40. The van der Waals surface area contributed by atoms with Crippen LogP contribution in [0.1, 0.15) is 39.0 Å². The maximum Gasteiger partial charge on any atom is 0.124 e. The minimum atomic E-state index is -0.0880. The molecule has 0 saturated heterocycles. The van der Waals surface area contributed by atoms with E-state index >= 15 is 0 Å². The molecule has 1 aliphatic rings. The lowest BCUT2D eigenvalue weighted by atomic mass is 9.95. The van der Waals surface area contributed by atoms with Crippen LogP contribution in [0.2, 0.25) is 5.16 Å². The Kier molecular flexibility index (Phi) is 4.86. The number of para-hydroxylation sites is 1. The summed E-state index contributed by atoms with van der Waals surface area (Å²) in [5.41, 5.74) is 1.49. The third kappa shape index (κ3) is 3.71. The summed E-state index contributed by atoms with van der Waals surface area (Å²) in [6, 6.07) is 12.0. The van der Waals surface area contributed by atoms with E-state index in [0.29, 0.717) is 0 Å². The lowest BCUT2D eigenvalue weighted by Crippen LogP contribution is -2.41. The summed E-state index contributed by atoms with van der Waals surface area (Å²) in [5, 5.41) is 1.01. The van der Waals surface area contributed by atoms with Crippen molar-refractivity contribution in [2.75, 3.05) is 4.57 Å². The molecule has 1 saturated carbocycles. The molecule has 0 N–H and O–H groups in total. The quantitative estimate of drug-likeness (QED) is 0.752. The molecule has 94 valence electrons. The van der Waals surface area contributed by atoms with E-state index in [1.54, 1.807) is 0 Å². The Morgan fingerprint density at radius 3 is 2.41 bits per heavy atom. The van der Waals surface area contributed by atoms with Crippen molar-refractivity contribution in [3.05, 3.63) is 30.3 Å². The highest BCUT2D eigenvalue weighted by Gasteiger charge is 2.21. The van der Waals surface area contributed by atoms with Gasteiger partial charge in [0.25, 0.3) is 0 Å². The first kappa shape index (κ1) is 12.9. The molecular formula is C14H25NSi2. The topological polar surface area (TPSA) is 3.24 Å². The first-order chi connectivity index (χ1) is 8.27. The molecule has 0 spiro atoms. The van der Waals surface area contributed by atoms with E-state index in [2.05, 4.69) is 41.8 Å². The number of hydrogen-bond acceptors (Lipinski definition) is 1. The molecule has 0 aliphatic heterocycles. The van der Waals surface area contributed by atoms with Gasteiger partial charge in [0.05, 0.1) is 0 Å². The minimum absolute atomic E-state index is 0.0880. The van der Waals surface area contributed by atoms with Gasteiger partial charge in [-0.2, -0.15) is 0 Å². The molecule has 1 atom stereocenters. The van der Waals surface area contributed by atoms with Gasteiger partial charge in [0.2, 0.25) is 0 Å². The van der Waals surface area contributed by atoms with Gasteiger partial charge in [0, 0.05) is 22.0 Å². The highest BCUT2D eigenvalue weighted by atomic mass is 28.3. The summed E-state index contributed by atoms with van der Waals surface area (Å²) in [6.45, 7) is 2.44. The Balaban J connectivity index is 2.12. The highest BCUT2D eigenvalue weighted by molar-refractivity contribution is 6.53. The van der Waals surface area contributed by atoms with Gasteiger partial charge in [-0.3, -0.25) is 0 Å². The first-order valence-corrected chi connectivity index (χ1v) is 9.69. The van der Waals surface area contributed by atoms with Crippen molar-refractivity contribution in [1.29, 1.82) is 0 Å². The van der Waals surface area contributed by atoms with Gasteiger partial charge in [-0.05, 0) is 30.1 Å². The smallest absolute Gasteiger partial charge is 0.124 e. The Morgan fingerprint density at radius 2 is 1.82 bits per heavy atom. The molecular weight excluding hydrogens is 238 g/mol. The summed E-state index contributed by atoms with van der Waals surface area (Å²) < 4.78 is 2.82. The summed E-state index contributed by atoms with van der Waals surface area (Å²) in [5.74, 6) is 0. The van der Waals surface area contributed by atoms with Crippen LogP contribution in [0, 0.1) is 0 Å². The number of benzene rings is 1. The van der Waals surface area contributed by atoms with Gasteiger partial charge in [0.15, 0.2) is 0 Å². The summed E-state index contributed by atoms with van der Waals surface area (Å²) >= 11 is 0. The van der Waals surface area contributed by atoms with Crippen molar-refractivity contribution < 1.29 is 0 Å². The average Bonchev–Trinajstić information content (AvgIpc) is 2.38. The maximum atomic E-state index is 2.82. The van der Waals surface area contributed by atoms with E-state index in [9.17, 15) is 0 Å². The van der Waals surface area contributed by atoms with E-state index in [1.165, 1.54) is 48.0 Å². The van der Waals surface area contributed by atoms with Gasteiger partial charge in [0.1, 0.15) is 9.68 Å². The van der Waals surface area contributed by atoms with Crippen molar-refractivity contribution in [1.82, 2.24) is 0 Å². The van der Waals surface area contributed by atoms with E-state index in [4.69, 9.17) is 0 Å². The van der Waals surface area contributed by atoms with Gasteiger partial charge < -0.3 is 4.57 Å². The summed E-state index contributed by atoms with van der Waals surface area (Å²) in [7, 11) is 1.27. The van der Waals surface area contributed by atoms with Crippen LogP contribution in [-0.2, 0) is 0 Å². The lowest BCUT2D eigenvalue weighted by Gasteiger charge is -2.37. The number of rotatable bonds is 4. The van der Waals surface area contributed by atoms with Crippen LogP contribution >= 0.6 is 0 Å². The monoisotopic (exact) mass is 263 g/mol. The molecule has 17 heavy (non-hydrogen) atoms. The third-order valence-corrected chi connectivity index (χ3v) is 6.77. The standard InChI is InChI=1S/C14H25NSi2/c1-12(16)17-15(13-8-4-2-5-9-13)14-10-6-3-7-11-14/h2,4-5,8-9,12,14H,3,6-7,10-11,17H2,1,16H3. The van der Waals surface area contributed by atoms with Crippen molar-refractivity contribution in [3.63, 3.8) is 0 Å². The second-order valence-electron chi connectivity index (χ2n) is 5.67. The Morgan fingerprint density at radius 1 is 1.18 bits per heavy atom. The fourth-order valence-electron chi connectivity index (χ4n) is 2.87. The van der Waals surface area contributed by atoms with Crippen LogP contribution in [-0.4, -0.2) is 26.0 Å². The molecule has 0 bridgehead atoms. The SMILES string of the molecule is CC([SiH3])[SiH2]N(c1ccccc1)C1CCCCC1. The van der Waals surface area contributed by atoms with Crippen LogP contribution in [0.25, 0.3) is 0 Å². The lowest BCUT2D eigenvalue weighted by molar-refractivity contribution is 0.443. The Hall–Kier alpha value is -0.546. The van der Waals surface area contributed by atoms with Crippen LogP contribution in [0.5, 0.6) is 0 Å². The Bertz CT molecular complexity index is 320. The van der Waals surface area contributed by atoms with Gasteiger partial charge in [-0.1, -0.05) is 44.4 Å². The van der Waals surface area contributed by atoms with Crippen molar-refractivity contribution in [3.8, 4) is 0 Å². The maximum absolute atomic E-state index is 2.82. The summed E-state index contributed by atoms with van der Waals surface area (Å²) in [6.07, 6.45) is 7.19. The van der Waals surface area contributed by atoms with Gasteiger partial charge in [-0.25, -0.2) is 0 Å². The molecule has 1 nitrogen and oxygen atoms in total. The van der Waals surface area contributed by atoms with Crippen molar-refractivity contribution in [2.24, 2.45) is 0 Å². The number of hydrogen-bond donors (Lipinski definition) is 0. The zero-order valence-electron chi connectivity index (χ0n) is 11.2. The molecule has 1 fully saturated rings. The molecule has 0 radical (unpaired) electrons. The average molecular weight is 264 g/mol. The van der Waals surface area contributed by atoms with E-state index in [0.717, 1.165) is 11.2 Å². The predicted molar refractivity (Wildman–Crippen MR) is 83.7 cm³/mol. The molecule has 2 rings (SSSR count). The molecule has 3 heteroatoms. The minimum Gasteiger partial charge on any atom is -0.401 e. The van der Waals surface area contributed by atoms with Crippen molar-refractivity contribution >= 4 is 25.6 Å². The van der Waals surface area contributed by atoms with E-state index in [1.807, 2.05) is 0 Å². The molecule has 0 heterocycles. The molecule has 0 amide bonds. The fraction of sp³-hybridized carbons (Fsp3) is 0.571. The number of anilines is 1. The number of nitrogens with zero attached hydrogens (tertiary/aromatic N) is 1. The first-order valence-electron chi connectivity index (χ1n) is 7.09. The second-order valence-corrected chi connectivity index (χ2v) is 12.0. The molecule has 1 unspecified atom stereocenters. The molecule has 1 aromatic rings. The zero-order valence-corrected chi connectivity index (χ0v) is 14.6. The normalized spacial score (nSPS) is 19.8. The van der Waals surface area contributed by atoms with Crippen LogP contribution in [0.3, 0.4) is 0 Å². The van der Waals surface area contributed by atoms with E-state index < -0.39 is 0 Å². The van der Waals surface area contributed by atoms with Gasteiger partial charge in [-0.15, -0.1) is 0 Å². The molecule has 0 aromatic heterocycles. The largest absolute Gasteiger partial charge is 0.401 e. The van der Waals surface area contributed by atoms with Crippen molar-refractivity contribution in [2.45, 2.75) is 50.2 Å². The van der Waals surface area contributed by atoms with Crippen LogP contribution in [0.15, 0.2) is 30.3 Å². The third-order valence-electron chi connectivity index (χ3n) is 3.67. The highest BCUT2D eigenvalue weighted by Crippen LogP contribution is 2.27. The van der Waals surface area contributed by atoms with Crippen LogP contribution in [0.4, 0.5) is 5.69 Å². The van der Waals surface area contributed by atoms with Gasteiger partial charge >= 0.3 is 0 Å². The summed E-state index contributed by atoms with van der Waals surface area (Å²) in [4.78, 5) is 0. The predicted octanol–water partition coefficient (Wildman–Crippen LogP) is 2.04. The zero-order chi connectivity index (χ0) is 12.1. The molecule has 1 aromatic carbocycles. The fourth-order valence-corrected chi connectivity index (χ4v) is 5.92.